The Morgan fingerprint density at radius 3 is 2.13 bits per heavy atom. The van der Waals surface area contributed by atoms with Crippen LogP contribution in [0.4, 0.5) is 0 Å². The Morgan fingerprint density at radius 2 is 1.70 bits per heavy atom. The van der Waals surface area contributed by atoms with Crippen LogP contribution in [-0.4, -0.2) is 33.0 Å². The highest BCUT2D eigenvalue weighted by Gasteiger charge is 2.51. The third-order valence-electron chi connectivity index (χ3n) is 4.56. The lowest BCUT2D eigenvalue weighted by Gasteiger charge is -2.32. The van der Waals surface area contributed by atoms with Crippen molar-refractivity contribution in [1.29, 1.82) is 0 Å². The summed E-state index contributed by atoms with van der Waals surface area (Å²) in [5.41, 5.74) is 1.00. The molecule has 1 fully saturated rings. The van der Waals surface area contributed by atoms with E-state index in [0.29, 0.717) is 28.4 Å². The van der Waals surface area contributed by atoms with E-state index in [1.807, 2.05) is 27.7 Å². The van der Waals surface area contributed by atoms with E-state index in [9.17, 15) is 13.2 Å². The van der Waals surface area contributed by atoms with Crippen molar-refractivity contribution in [1.82, 2.24) is 0 Å². The molecule has 0 N–H and O–H groups in total. The number of carbonyl (C=O) groups excluding carboxylic acids is 1. The van der Waals surface area contributed by atoms with Gasteiger partial charge in [-0.05, 0) is 51.2 Å². The lowest BCUT2D eigenvalue weighted by Crippen LogP contribution is -2.41. The van der Waals surface area contributed by atoms with Crippen molar-refractivity contribution < 1.29 is 22.5 Å². The summed E-state index contributed by atoms with van der Waals surface area (Å²) in [5, 5.41) is 0. The first kappa shape index (κ1) is 18.5. The van der Waals surface area contributed by atoms with Gasteiger partial charge in [0.25, 0.3) is 0 Å². The van der Waals surface area contributed by atoms with Gasteiger partial charge in [-0.3, -0.25) is 4.79 Å². The minimum Gasteiger partial charge on any atom is -0.399 e. The molecule has 0 unspecified atom stereocenters. The number of carbonyl (C=O) groups is 1. The Hall–Kier alpha value is -0.885. The fourth-order valence-electron chi connectivity index (χ4n) is 2.40. The van der Waals surface area contributed by atoms with Crippen molar-refractivity contribution in [2.24, 2.45) is 0 Å². The van der Waals surface area contributed by atoms with Gasteiger partial charge in [0.1, 0.15) is 6.29 Å². The van der Waals surface area contributed by atoms with Gasteiger partial charge in [0.05, 0.1) is 17.0 Å². The summed E-state index contributed by atoms with van der Waals surface area (Å²) in [6, 6.07) is 3.33. The molecule has 0 amide bonds. The second-order valence-corrected chi connectivity index (χ2v) is 9.56. The predicted octanol–water partition coefficient (Wildman–Crippen LogP) is 2.18. The number of hydrogen-bond acceptors (Lipinski definition) is 5. The van der Waals surface area contributed by atoms with Gasteiger partial charge in [0.15, 0.2) is 0 Å². The van der Waals surface area contributed by atoms with Crippen LogP contribution in [0.25, 0.3) is 0 Å². The zero-order valence-corrected chi connectivity index (χ0v) is 15.4. The van der Waals surface area contributed by atoms with Gasteiger partial charge in [-0.1, -0.05) is 12.1 Å². The Morgan fingerprint density at radius 1 is 1.17 bits per heavy atom. The molecule has 126 valence electrons. The van der Waals surface area contributed by atoms with Crippen LogP contribution in [0.2, 0.25) is 0 Å². The van der Waals surface area contributed by atoms with Crippen LogP contribution >= 0.6 is 10.7 Å². The van der Waals surface area contributed by atoms with Crippen molar-refractivity contribution in [3.05, 3.63) is 28.8 Å². The first-order valence-corrected chi connectivity index (χ1v) is 9.71. The number of rotatable bonds is 4. The highest BCUT2D eigenvalue weighted by atomic mass is 35.7. The topological polar surface area (TPSA) is 69.7 Å². The molecule has 1 saturated heterocycles. The van der Waals surface area contributed by atoms with Crippen LogP contribution in [0.3, 0.4) is 0 Å². The Bertz CT molecular complexity index is 726. The summed E-state index contributed by atoms with van der Waals surface area (Å²) in [6.07, 6.45) is 0.689. The maximum Gasteiger partial charge on any atom is 0.494 e. The van der Waals surface area contributed by atoms with E-state index in [2.05, 4.69) is 0 Å². The van der Waals surface area contributed by atoms with Gasteiger partial charge < -0.3 is 9.31 Å². The Kier molecular flexibility index (Phi) is 4.72. The average Bonchev–Trinajstić information content (AvgIpc) is 2.59. The highest BCUT2D eigenvalue weighted by Crippen LogP contribution is 2.36. The molecule has 0 radical (unpaired) electrons. The monoisotopic (exact) mass is 358 g/mol. The standard InChI is InChI=1S/C15H20BClO5S/c1-10-11(8-18)6-13(7-12(10)9-23(17,19)20)16-21-14(2,3)15(4,5)22-16/h6-8H,9H2,1-5H3. The fraction of sp³-hybridized carbons (Fsp3) is 0.533. The average molecular weight is 359 g/mol. The minimum atomic E-state index is -3.74. The molecule has 1 aliphatic rings. The van der Waals surface area contributed by atoms with Gasteiger partial charge in [0.2, 0.25) is 9.05 Å². The molecule has 0 atom stereocenters. The molecule has 1 aromatic carbocycles. The molecule has 0 aliphatic carbocycles. The quantitative estimate of drug-likeness (QED) is 0.469. The second-order valence-electron chi connectivity index (χ2n) is 6.78. The second kappa shape index (κ2) is 5.88. The third kappa shape index (κ3) is 3.79. The van der Waals surface area contributed by atoms with Gasteiger partial charge in [-0.15, -0.1) is 0 Å². The summed E-state index contributed by atoms with van der Waals surface area (Å²) in [6.45, 7) is 9.38. The first-order valence-electron chi connectivity index (χ1n) is 7.23. The molecular formula is C15H20BClO5S. The molecule has 0 aromatic heterocycles. The minimum absolute atomic E-state index is 0.353. The maximum atomic E-state index is 11.4. The van der Waals surface area contributed by atoms with Gasteiger partial charge >= 0.3 is 7.12 Å². The van der Waals surface area contributed by atoms with Crippen molar-refractivity contribution in [3.8, 4) is 0 Å². The van der Waals surface area contributed by atoms with Gasteiger partial charge in [-0.2, -0.15) is 0 Å². The Labute approximate surface area is 141 Å². The lowest BCUT2D eigenvalue weighted by molar-refractivity contribution is 0.00578. The largest absolute Gasteiger partial charge is 0.494 e. The number of halogens is 1. The van der Waals surface area contributed by atoms with Crippen LogP contribution in [0.15, 0.2) is 12.1 Å². The summed E-state index contributed by atoms with van der Waals surface area (Å²) < 4.78 is 34.7. The molecule has 0 bridgehead atoms. The smallest absolute Gasteiger partial charge is 0.399 e. The summed E-state index contributed by atoms with van der Waals surface area (Å²) >= 11 is 0. The van der Waals surface area contributed by atoms with Crippen LogP contribution < -0.4 is 5.46 Å². The van der Waals surface area contributed by atoms with Gasteiger partial charge in [-0.25, -0.2) is 8.42 Å². The maximum absolute atomic E-state index is 11.4. The fourth-order valence-corrected chi connectivity index (χ4v) is 3.42. The van der Waals surface area contributed by atoms with E-state index in [-0.39, 0.29) is 5.75 Å². The zero-order chi connectivity index (χ0) is 17.6. The zero-order valence-electron chi connectivity index (χ0n) is 13.8. The van der Waals surface area contributed by atoms with Crippen molar-refractivity contribution in [2.45, 2.75) is 51.6 Å². The van der Waals surface area contributed by atoms with E-state index in [4.69, 9.17) is 20.0 Å². The SMILES string of the molecule is Cc1c(C=O)cc(B2OC(C)(C)C(C)(C)O2)cc1CS(=O)(=O)Cl. The first-order chi connectivity index (χ1) is 10.4. The molecule has 5 nitrogen and oxygen atoms in total. The van der Waals surface area contributed by atoms with Crippen LogP contribution in [0.5, 0.6) is 0 Å². The molecule has 0 spiro atoms. The molecule has 8 heteroatoms. The molecule has 1 aliphatic heterocycles. The summed E-state index contributed by atoms with van der Waals surface area (Å²) in [5.74, 6) is -0.353. The van der Waals surface area contributed by atoms with E-state index < -0.39 is 27.4 Å². The van der Waals surface area contributed by atoms with Crippen molar-refractivity contribution in [2.75, 3.05) is 0 Å². The molecular weight excluding hydrogens is 338 g/mol. The summed E-state index contributed by atoms with van der Waals surface area (Å²) in [7, 11) is 0.953. The van der Waals surface area contributed by atoms with E-state index >= 15 is 0 Å². The van der Waals surface area contributed by atoms with E-state index in [1.54, 1.807) is 19.1 Å². The predicted molar refractivity (Wildman–Crippen MR) is 90.8 cm³/mol. The summed E-state index contributed by atoms with van der Waals surface area (Å²) in [4.78, 5) is 11.3. The van der Waals surface area contributed by atoms with Crippen LogP contribution in [0.1, 0.15) is 49.2 Å². The number of benzene rings is 1. The van der Waals surface area contributed by atoms with Crippen LogP contribution in [0, 0.1) is 6.92 Å². The number of aldehydes is 1. The van der Waals surface area contributed by atoms with Crippen LogP contribution in [-0.2, 0) is 24.1 Å². The normalized spacial score (nSPS) is 19.8. The Balaban J connectivity index is 2.48. The molecule has 1 aromatic rings. The molecule has 2 rings (SSSR count). The molecule has 1 heterocycles. The molecule has 0 saturated carbocycles. The van der Waals surface area contributed by atoms with E-state index in [0.717, 1.165) is 0 Å². The third-order valence-corrected chi connectivity index (χ3v) is 5.54. The highest BCUT2D eigenvalue weighted by molar-refractivity contribution is 8.13. The van der Waals surface area contributed by atoms with E-state index in [1.165, 1.54) is 0 Å². The molecule has 23 heavy (non-hydrogen) atoms. The lowest BCUT2D eigenvalue weighted by atomic mass is 9.76. The number of hydrogen-bond donors (Lipinski definition) is 0. The van der Waals surface area contributed by atoms with Crippen molar-refractivity contribution in [3.63, 3.8) is 0 Å². The van der Waals surface area contributed by atoms with Gasteiger partial charge in [0, 0.05) is 16.2 Å². The van der Waals surface area contributed by atoms with Crippen molar-refractivity contribution >= 4 is 38.6 Å².